The van der Waals surface area contributed by atoms with E-state index in [0.29, 0.717) is 34.4 Å². The van der Waals surface area contributed by atoms with Crippen molar-refractivity contribution in [2.75, 3.05) is 57.9 Å². The Morgan fingerprint density at radius 3 is 2.44 bits per heavy atom. The normalized spacial score (nSPS) is 20.1. The highest BCUT2D eigenvalue weighted by Crippen LogP contribution is 2.29. The number of aromatic nitrogens is 2. The van der Waals surface area contributed by atoms with Gasteiger partial charge in [0.05, 0.1) is 4.47 Å². The van der Waals surface area contributed by atoms with Crippen molar-refractivity contribution in [2.24, 2.45) is 5.92 Å². The number of carbonyl (C=O) groups excluding carboxylic acids is 1. The molecule has 3 heterocycles. The molecule has 1 saturated carbocycles. The Bertz CT molecular complexity index is 1150. The van der Waals surface area contributed by atoms with Gasteiger partial charge >= 0.3 is 0 Å². The van der Waals surface area contributed by atoms with Gasteiger partial charge in [-0.05, 0) is 85.4 Å². The van der Waals surface area contributed by atoms with Crippen LogP contribution in [0, 0.1) is 17.2 Å². The molecule has 0 atom stereocenters. The first-order valence-corrected chi connectivity index (χ1v) is 15.0. The van der Waals surface area contributed by atoms with Crippen LogP contribution in [0.15, 0.2) is 34.9 Å². The number of nitriles is 1. The van der Waals surface area contributed by atoms with Gasteiger partial charge in [0.25, 0.3) is 5.91 Å². The molecule has 0 bridgehead atoms. The summed E-state index contributed by atoms with van der Waals surface area (Å²) in [5.74, 6) is 0.881. The third-order valence-electron chi connectivity index (χ3n) is 8.47. The van der Waals surface area contributed by atoms with Gasteiger partial charge in [-0.15, -0.1) is 0 Å². The second kappa shape index (κ2) is 13.2. The van der Waals surface area contributed by atoms with Crippen molar-refractivity contribution in [3.63, 3.8) is 0 Å². The molecule has 208 valence electrons. The Morgan fingerprint density at radius 2 is 1.77 bits per heavy atom. The number of piperazine rings is 1. The summed E-state index contributed by atoms with van der Waals surface area (Å²) in [5.41, 5.74) is 4.89. The summed E-state index contributed by atoms with van der Waals surface area (Å²) in [6, 6.07) is 10.7. The summed E-state index contributed by atoms with van der Waals surface area (Å²) >= 11 is 3.50. The number of anilines is 1. The number of likely N-dealkylation sites (tertiary alicyclic amines) is 1. The van der Waals surface area contributed by atoms with Crippen LogP contribution >= 0.6 is 15.9 Å². The zero-order chi connectivity index (χ0) is 27.2. The molecule has 1 aliphatic carbocycles. The molecular formula is C29H39BrN8O. The van der Waals surface area contributed by atoms with E-state index in [1.54, 1.807) is 11.2 Å². The number of piperidine rings is 1. The van der Waals surface area contributed by atoms with Crippen molar-refractivity contribution in [1.29, 1.82) is 5.26 Å². The second-order valence-electron chi connectivity index (χ2n) is 11.2. The summed E-state index contributed by atoms with van der Waals surface area (Å²) in [6.07, 6.45) is 8.69. The van der Waals surface area contributed by atoms with E-state index in [9.17, 15) is 10.1 Å². The number of rotatable bonds is 8. The average Bonchev–Trinajstić information content (AvgIpc) is 3.47. The quantitative estimate of drug-likeness (QED) is 0.463. The Morgan fingerprint density at radius 1 is 1.08 bits per heavy atom. The highest BCUT2D eigenvalue weighted by atomic mass is 79.9. The summed E-state index contributed by atoms with van der Waals surface area (Å²) in [6.45, 7) is 8.53. The van der Waals surface area contributed by atoms with Crippen LogP contribution in [-0.2, 0) is 6.54 Å². The monoisotopic (exact) mass is 594 g/mol. The van der Waals surface area contributed by atoms with Crippen LogP contribution in [0.4, 0.5) is 5.82 Å². The van der Waals surface area contributed by atoms with Crippen LogP contribution in [0.1, 0.15) is 60.3 Å². The van der Waals surface area contributed by atoms with E-state index in [4.69, 9.17) is 0 Å². The third-order valence-corrected chi connectivity index (χ3v) is 9.03. The van der Waals surface area contributed by atoms with Crippen LogP contribution in [0.25, 0.3) is 0 Å². The van der Waals surface area contributed by atoms with Crippen molar-refractivity contribution < 1.29 is 4.79 Å². The van der Waals surface area contributed by atoms with E-state index in [1.165, 1.54) is 57.4 Å². The first-order valence-electron chi connectivity index (χ1n) is 14.2. The number of halogens is 1. The summed E-state index contributed by atoms with van der Waals surface area (Å²) in [4.78, 5) is 29.3. The molecule has 5 rings (SSSR count). The predicted octanol–water partition coefficient (Wildman–Crippen LogP) is 3.66. The van der Waals surface area contributed by atoms with Gasteiger partial charge in [-0.25, -0.2) is 4.98 Å². The Labute approximate surface area is 240 Å². The zero-order valence-corrected chi connectivity index (χ0v) is 24.4. The molecule has 3 aliphatic rings. The highest BCUT2D eigenvalue weighted by molar-refractivity contribution is 9.10. The lowest BCUT2D eigenvalue weighted by atomic mass is 10.0. The largest absolute Gasteiger partial charge is 0.304 e. The summed E-state index contributed by atoms with van der Waals surface area (Å²) in [7, 11) is 2.21. The molecule has 9 nitrogen and oxygen atoms in total. The van der Waals surface area contributed by atoms with Crippen LogP contribution < -0.4 is 10.4 Å². The number of carbonyl (C=O) groups is 1. The van der Waals surface area contributed by atoms with Gasteiger partial charge in [-0.1, -0.05) is 25.0 Å². The van der Waals surface area contributed by atoms with Gasteiger partial charge in [0.2, 0.25) is 5.82 Å². The van der Waals surface area contributed by atoms with Crippen LogP contribution in [-0.4, -0.2) is 89.5 Å². The number of nitrogens with zero attached hydrogens (tertiary/aromatic N) is 7. The Hall–Kier alpha value is -2.58. The maximum atomic E-state index is 13.3. The topological polar surface area (TPSA) is 91.6 Å². The number of hydrogen-bond donors (Lipinski definition) is 1. The molecule has 0 spiro atoms. The fraction of sp³-hybridized carbons (Fsp3) is 0.586. The molecule has 1 amide bonds. The van der Waals surface area contributed by atoms with E-state index in [1.807, 2.05) is 18.2 Å². The number of nitrogens with one attached hydrogen (secondary N) is 1. The lowest BCUT2D eigenvalue weighted by molar-refractivity contribution is 0.0658. The number of amides is 1. The van der Waals surface area contributed by atoms with Gasteiger partial charge in [0.1, 0.15) is 6.07 Å². The van der Waals surface area contributed by atoms with E-state index < -0.39 is 0 Å². The first kappa shape index (κ1) is 28.0. The number of benzene rings is 1. The van der Waals surface area contributed by atoms with Crippen molar-refractivity contribution in [3.8, 4) is 6.07 Å². The maximum absolute atomic E-state index is 13.3. The smallest absolute Gasteiger partial charge is 0.269 e. The minimum Gasteiger partial charge on any atom is -0.304 e. The first-order chi connectivity index (χ1) is 19.0. The fourth-order valence-corrected chi connectivity index (χ4v) is 6.48. The molecule has 2 aliphatic heterocycles. The van der Waals surface area contributed by atoms with E-state index >= 15 is 0 Å². The van der Waals surface area contributed by atoms with E-state index in [0.717, 1.165) is 32.5 Å². The Kier molecular flexibility index (Phi) is 9.45. The van der Waals surface area contributed by atoms with Crippen molar-refractivity contribution in [3.05, 3.63) is 51.9 Å². The van der Waals surface area contributed by atoms with Crippen molar-refractivity contribution in [2.45, 2.75) is 51.1 Å². The maximum Gasteiger partial charge on any atom is 0.269 e. The summed E-state index contributed by atoms with van der Waals surface area (Å²) in [5, 5.41) is 11.1. The molecule has 2 saturated heterocycles. The van der Waals surface area contributed by atoms with Crippen molar-refractivity contribution in [1.82, 2.24) is 30.1 Å². The summed E-state index contributed by atoms with van der Waals surface area (Å²) < 4.78 is 0.645. The molecule has 10 heteroatoms. The SMILES string of the molecule is CN1CCN(C2CCN(Cc3ccc(C(=O)NN(CC4CCCC4)c4nc(C#N)ncc4Br)cc3)CC2)CC1. The lowest BCUT2D eigenvalue weighted by Crippen LogP contribution is -2.52. The van der Waals surface area contributed by atoms with E-state index in [2.05, 4.69) is 65.2 Å². The van der Waals surface area contributed by atoms with E-state index in [-0.39, 0.29) is 11.7 Å². The number of hydrogen-bond acceptors (Lipinski definition) is 8. The fourth-order valence-electron chi connectivity index (χ4n) is 6.07. The average molecular weight is 596 g/mol. The number of hydrazine groups is 1. The molecule has 1 N–H and O–H groups in total. The van der Waals surface area contributed by atoms with Gasteiger partial charge in [0, 0.05) is 57.1 Å². The molecule has 1 aromatic heterocycles. The Balaban J connectivity index is 1.17. The van der Waals surface area contributed by atoms with Crippen LogP contribution in [0.3, 0.4) is 0 Å². The van der Waals surface area contributed by atoms with Gasteiger partial charge in [-0.3, -0.25) is 25.0 Å². The van der Waals surface area contributed by atoms with Crippen molar-refractivity contribution >= 4 is 27.7 Å². The molecule has 1 aromatic carbocycles. The molecule has 39 heavy (non-hydrogen) atoms. The highest BCUT2D eigenvalue weighted by Gasteiger charge is 2.27. The third kappa shape index (κ3) is 7.34. The molecule has 0 unspecified atom stereocenters. The second-order valence-corrected chi connectivity index (χ2v) is 12.1. The number of likely N-dealkylation sites (N-methyl/N-ethyl adjacent to an activating group) is 1. The van der Waals surface area contributed by atoms with Gasteiger partial charge in [-0.2, -0.15) is 10.2 Å². The predicted molar refractivity (Wildman–Crippen MR) is 155 cm³/mol. The molecule has 3 fully saturated rings. The zero-order valence-electron chi connectivity index (χ0n) is 22.9. The van der Waals surface area contributed by atoms with Gasteiger partial charge in [0.15, 0.2) is 5.82 Å². The standard InChI is InChI=1S/C29H39BrN8O/c1-35-14-16-37(17-15-35)25-10-12-36(13-11-25)20-23-6-8-24(9-7-23)29(39)34-38(21-22-4-2-3-5-22)28-26(30)19-32-27(18-31)33-28/h6-9,19,22,25H,2-5,10-17,20-21H2,1H3,(H,34,39). The molecular weight excluding hydrogens is 556 g/mol. The minimum absolute atomic E-state index is 0.0794. The lowest BCUT2D eigenvalue weighted by Gasteiger charge is -2.42. The van der Waals surface area contributed by atoms with Crippen LogP contribution in [0.5, 0.6) is 0 Å². The van der Waals surface area contributed by atoms with Crippen LogP contribution in [0.2, 0.25) is 0 Å². The molecule has 0 radical (unpaired) electrons. The van der Waals surface area contributed by atoms with Gasteiger partial charge < -0.3 is 4.90 Å². The minimum atomic E-state index is -0.184. The molecule has 2 aromatic rings.